The summed E-state index contributed by atoms with van der Waals surface area (Å²) in [6.07, 6.45) is 3.60. The maximum absolute atomic E-state index is 3.03. The van der Waals surface area contributed by atoms with E-state index in [2.05, 4.69) is 51.4 Å². The second-order valence-electron chi connectivity index (χ2n) is 3.22. The molecule has 0 aromatic heterocycles. The van der Waals surface area contributed by atoms with Crippen molar-refractivity contribution in [1.29, 1.82) is 0 Å². The van der Waals surface area contributed by atoms with E-state index >= 15 is 0 Å². The summed E-state index contributed by atoms with van der Waals surface area (Å²) in [5.41, 5.74) is 0. The molecule has 64 valence electrons. The Labute approximate surface area is 76.1 Å². The second-order valence-corrected chi connectivity index (χ2v) is 3.22. The average Bonchev–Trinajstić information content (AvgIpc) is 1.95. The van der Waals surface area contributed by atoms with Crippen LogP contribution >= 0.6 is 0 Å². The molecule has 12 heavy (non-hydrogen) atoms. The molecule has 0 aromatic rings. The first-order valence-corrected chi connectivity index (χ1v) is 4.30. The molecular formula is C12H16. The van der Waals surface area contributed by atoms with Crippen molar-refractivity contribution in [2.24, 2.45) is 11.8 Å². The summed E-state index contributed by atoms with van der Waals surface area (Å²) in [6.45, 7) is 8.28. The van der Waals surface area contributed by atoms with Crippen LogP contribution in [0.4, 0.5) is 0 Å². The van der Waals surface area contributed by atoms with Gasteiger partial charge in [0.25, 0.3) is 0 Å². The minimum Gasteiger partial charge on any atom is -0.0957 e. The fraction of sp³-hybridized carbons (Fsp3) is 0.500. The third-order valence-electron chi connectivity index (χ3n) is 0.994. The molecule has 0 amide bonds. The van der Waals surface area contributed by atoms with Crippen LogP contribution in [0, 0.1) is 35.5 Å². The van der Waals surface area contributed by atoms with E-state index in [4.69, 9.17) is 0 Å². The fourth-order valence-electron chi connectivity index (χ4n) is 0.513. The highest BCUT2D eigenvalue weighted by Crippen LogP contribution is 1.86. The highest BCUT2D eigenvalue weighted by Gasteiger charge is 1.78. The van der Waals surface area contributed by atoms with Gasteiger partial charge >= 0.3 is 0 Å². The molecule has 0 unspecified atom stereocenters. The van der Waals surface area contributed by atoms with Crippen LogP contribution in [0.3, 0.4) is 0 Å². The molecule has 0 heteroatoms. The fourth-order valence-corrected chi connectivity index (χ4v) is 0.513. The van der Waals surface area contributed by atoms with Crippen molar-refractivity contribution in [3.05, 3.63) is 12.2 Å². The van der Waals surface area contributed by atoms with Crippen molar-refractivity contribution in [1.82, 2.24) is 0 Å². The third-order valence-corrected chi connectivity index (χ3v) is 0.994. The van der Waals surface area contributed by atoms with Crippen molar-refractivity contribution >= 4 is 0 Å². The van der Waals surface area contributed by atoms with Crippen LogP contribution < -0.4 is 0 Å². The van der Waals surface area contributed by atoms with Crippen molar-refractivity contribution in [3.63, 3.8) is 0 Å². The Kier molecular flexibility index (Phi) is 5.94. The monoisotopic (exact) mass is 160 g/mol. The Morgan fingerprint density at radius 3 is 1.33 bits per heavy atom. The van der Waals surface area contributed by atoms with Gasteiger partial charge in [-0.2, -0.15) is 0 Å². The molecule has 0 bridgehead atoms. The Hall–Kier alpha value is -1.14. The van der Waals surface area contributed by atoms with Gasteiger partial charge in [-0.05, 0) is 12.2 Å². The first-order chi connectivity index (χ1) is 5.63. The van der Waals surface area contributed by atoms with Gasteiger partial charge in [0.15, 0.2) is 0 Å². The zero-order valence-electron chi connectivity index (χ0n) is 8.31. The van der Waals surface area contributed by atoms with Gasteiger partial charge in [0.2, 0.25) is 0 Å². The molecule has 0 saturated heterocycles. The van der Waals surface area contributed by atoms with Crippen LogP contribution in [-0.4, -0.2) is 0 Å². The lowest BCUT2D eigenvalue weighted by atomic mass is 10.2. The molecule has 0 rings (SSSR count). The van der Waals surface area contributed by atoms with Crippen LogP contribution in [-0.2, 0) is 0 Å². The second kappa shape index (κ2) is 6.56. The van der Waals surface area contributed by atoms with Gasteiger partial charge in [0, 0.05) is 11.8 Å². The quantitative estimate of drug-likeness (QED) is 0.478. The SMILES string of the molecule is CC(C)C#C/C=C/C#CC(C)C. The summed E-state index contributed by atoms with van der Waals surface area (Å²) < 4.78 is 0. The van der Waals surface area contributed by atoms with E-state index in [1.54, 1.807) is 12.2 Å². The Bertz CT molecular complexity index is 217. The predicted molar refractivity (Wildman–Crippen MR) is 54.4 cm³/mol. The molecular weight excluding hydrogens is 144 g/mol. The maximum atomic E-state index is 3.03. The molecule has 0 atom stereocenters. The van der Waals surface area contributed by atoms with Gasteiger partial charge in [0.1, 0.15) is 0 Å². The van der Waals surface area contributed by atoms with Crippen LogP contribution in [0.2, 0.25) is 0 Å². The maximum Gasteiger partial charge on any atom is 0.0149 e. The highest BCUT2D eigenvalue weighted by atomic mass is 13.8. The minimum absolute atomic E-state index is 0.438. The van der Waals surface area contributed by atoms with E-state index in [-0.39, 0.29) is 0 Å². The van der Waals surface area contributed by atoms with Crippen molar-refractivity contribution in [3.8, 4) is 23.7 Å². The lowest BCUT2D eigenvalue weighted by Crippen LogP contribution is -1.76. The Morgan fingerprint density at radius 2 is 1.08 bits per heavy atom. The topological polar surface area (TPSA) is 0 Å². The summed E-state index contributed by atoms with van der Waals surface area (Å²) in [7, 11) is 0. The first kappa shape index (κ1) is 10.9. The van der Waals surface area contributed by atoms with Crippen LogP contribution in [0.5, 0.6) is 0 Å². The van der Waals surface area contributed by atoms with Gasteiger partial charge in [-0.15, -0.1) is 0 Å². The van der Waals surface area contributed by atoms with Crippen LogP contribution in [0.15, 0.2) is 12.2 Å². The number of hydrogen-bond acceptors (Lipinski definition) is 0. The summed E-state index contributed by atoms with van der Waals surface area (Å²) >= 11 is 0. The van der Waals surface area contributed by atoms with E-state index < -0.39 is 0 Å². The Morgan fingerprint density at radius 1 is 0.750 bits per heavy atom. The number of allylic oxidation sites excluding steroid dienone is 2. The van der Waals surface area contributed by atoms with Gasteiger partial charge in [-0.1, -0.05) is 51.4 Å². The van der Waals surface area contributed by atoms with Crippen LogP contribution in [0.25, 0.3) is 0 Å². The van der Waals surface area contributed by atoms with Gasteiger partial charge in [0.05, 0.1) is 0 Å². The van der Waals surface area contributed by atoms with E-state index in [1.807, 2.05) is 0 Å². The lowest BCUT2D eigenvalue weighted by Gasteiger charge is -1.84. The zero-order valence-corrected chi connectivity index (χ0v) is 8.31. The van der Waals surface area contributed by atoms with Crippen molar-refractivity contribution in [2.45, 2.75) is 27.7 Å². The first-order valence-electron chi connectivity index (χ1n) is 4.30. The molecule has 0 aliphatic rings. The minimum atomic E-state index is 0.438. The number of rotatable bonds is 0. The molecule has 0 spiro atoms. The molecule has 0 radical (unpaired) electrons. The van der Waals surface area contributed by atoms with Crippen LogP contribution in [0.1, 0.15) is 27.7 Å². The molecule has 0 fully saturated rings. The largest absolute Gasteiger partial charge is 0.0957 e. The molecule has 0 saturated carbocycles. The molecule has 0 N–H and O–H groups in total. The smallest absolute Gasteiger partial charge is 0.0149 e. The standard InChI is InChI=1S/C12H16/c1-11(2)9-7-5-6-8-10-12(3)4/h5-6,11-12H,1-4H3/b6-5+. The highest BCUT2D eigenvalue weighted by molar-refractivity contribution is 5.25. The van der Waals surface area contributed by atoms with Gasteiger partial charge < -0.3 is 0 Å². The molecule has 0 aliphatic carbocycles. The van der Waals surface area contributed by atoms with Gasteiger partial charge in [-0.3, -0.25) is 0 Å². The number of hydrogen-bond donors (Lipinski definition) is 0. The Balaban J connectivity index is 3.83. The van der Waals surface area contributed by atoms with Crippen molar-refractivity contribution < 1.29 is 0 Å². The third kappa shape index (κ3) is 8.86. The van der Waals surface area contributed by atoms with E-state index in [0.717, 1.165) is 0 Å². The zero-order chi connectivity index (χ0) is 9.40. The summed E-state index contributed by atoms with van der Waals surface area (Å²) in [4.78, 5) is 0. The van der Waals surface area contributed by atoms with E-state index in [1.165, 1.54) is 0 Å². The van der Waals surface area contributed by atoms with E-state index in [0.29, 0.717) is 11.8 Å². The predicted octanol–water partition coefficient (Wildman–Crippen LogP) is 2.86. The molecule has 0 aliphatic heterocycles. The lowest BCUT2D eigenvalue weighted by molar-refractivity contribution is 0.866. The molecule has 0 aromatic carbocycles. The van der Waals surface area contributed by atoms with Gasteiger partial charge in [-0.25, -0.2) is 0 Å². The normalized spacial score (nSPS) is 9.50. The molecule has 0 nitrogen and oxygen atoms in total. The average molecular weight is 160 g/mol. The summed E-state index contributed by atoms with van der Waals surface area (Å²) in [6, 6.07) is 0. The molecule has 0 heterocycles. The summed E-state index contributed by atoms with van der Waals surface area (Å²) in [5, 5.41) is 0. The van der Waals surface area contributed by atoms with Crippen molar-refractivity contribution in [2.75, 3.05) is 0 Å². The summed E-state index contributed by atoms with van der Waals surface area (Å²) in [5.74, 6) is 12.8. The van der Waals surface area contributed by atoms with E-state index in [9.17, 15) is 0 Å².